The average Bonchev–Trinajstić information content (AvgIpc) is 2.42. The van der Waals surface area contributed by atoms with Crippen molar-refractivity contribution in [2.45, 2.75) is 26.8 Å². The molecule has 0 fully saturated rings. The van der Waals surface area contributed by atoms with Gasteiger partial charge in [0.1, 0.15) is 0 Å². The fourth-order valence-corrected chi connectivity index (χ4v) is 2.66. The van der Waals surface area contributed by atoms with Gasteiger partial charge in [0.25, 0.3) is 0 Å². The molecule has 20 heavy (non-hydrogen) atoms. The molecule has 0 aliphatic heterocycles. The predicted molar refractivity (Wildman–Crippen MR) is 85.3 cm³/mol. The number of anilines is 1. The van der Waals surface area contributed by atoms with Gasteiger partial charge in [0.15, 0.2) is 0 Å². The Hall–Kier alpha value is -1.80. The molecule has 2 heteroatoms. The highest BCUT2D eigenvalue weighted by Gasteiger charge is 2.13. The molecule has 2 nitrogen and oxygen atoms in total. The van der Waals surface area contributed by atoms with Crippen LogP contribution < -0.4 is 5.32 Å². The maximum atomic E-state index is 5.37. The van der Waals surface area contributed by atoms with Crippen molar-refractivity contribution in [2.75, 3.05) is 19.0 Å². The van der Waals surface area contributed by atoms with E-state index in [0.717, 1.165) is 0 Å². The molecule has 0 spiro atoms. The number of hydrogen-bond donors (Lipinski definition) is 1. The standard InChI is InChI=1S/C18H23NO/c1-13-10-14(2)18(15(3)11-13)19-17(12-20-4)16-8-6-5-7-9-16/h5-11,17,19H,12H2,1-4H3. The Morgan fingerprint density at radius 3 is 2.15 bits per heavy atom. The summed E-state index contributed by atoms with van der Waals surface area (Å²) in [5, 5.41) is 3.64. The molecule has 0 radical (unpaired) electrons. The molecular weight excluding hydrogens is 246 g/mol. The minimum atomic E-state index is 0.168. The van der Waals surface area contributed by atoms with Crippen LogP contribution in [-0.4, -0.2) is 13.7 Å². The van der Waals surface area contributed by atoms with Gasteiger partial charge in [0.2, 0.25) is 0 Å². The van der Waals surface area contributed by atoms with Gasteiger partial charge in [0, 0.05) is 12.8 Å². The fraction of sp³-hybridized carbons (Fsp3) is 0.333. The van der Waals surface area contributed by atoms with Gasteiger partial charge < -0.3 is 10.1 Å². The maximum absolute atomic E-state index is 5.37. The van der Waals surface area contributed by atoms with Crippen LogP contribution in [0.15, 0.2) is 42.5 Å². The number of nitrogens with one attached hydrogen (secondary N) is 1. The van der Waals surface area contributed by atoms with Gasteiger partial charge in [-0.2, -0.15) is 0 Å². The monoisotopic (exact) mass is 269 g/mol. The quantitative estimate of drug-likeness (QED) is 0.868. The molecule has 2 aromatic carbocycles. The van der Waals surface area contributed by atoms with E-state index in [1.807, 2.05) is 6.07 Å². The van der Waals surface area contributed by atoms with E-state index in [1.165, 1.54) is 27.9 Å². The Balaban J connectivity index is 2.30. The van der Waals surface area contributed by atoms with E-state index < -0.39 is 0 Å². The highest BCUT2D eigenvalue weighted by atomic mass is 16.5. The second-order valence-electron chi connectivity index (χ2n) is 5.34. The molecule has 0 heterocycles. The van der Waals surface area contributed by atoms with Crippen LogP contribution in [0.5, 0.6) is 0 Å². The van der Waals surface area contributed by atoms with Crippen LogP contribution >= 0.6 is 0 Å². The largest absolute Gasteiger partial charge is 0.382 e. The first-order valence-corrected chi connectivity index (χ1v) is 7.00. The van der Waals surface area contributed by atoms with Crippen LogP contribution in [0.1, 0.15) is 28.3 Å². The summed E-state index contributed by atoms with van der Waals surface area (Å²) in [6, 6.07) is 15.0. The van der Waals surface area contributed by atoms with E-state index in [1.54, 1.807) is 7.11 Å². The number of methoxy groups -OCH3 is 1. The molecule has 1 unspecified atom stereocenters. The SMILES string of the molecule is COCC(Nc1c(C)cc(C)cc1C)c1ccccc1. The first-order valence-electron chi connectivity index (χ1n) is 7.00. The van der Waals surface area contributed by atoms with Crippen LogP contribution in [0.4, 0.5) is 5.69 Å². The molecule has 2 rings (SSSR count). The van der Waals surface area contributed by atoms with E-state index in [4.69, 9.17) is 4.74 Å². The zero-order chi connectivity index (χ0) is 14.5. The molecule has 2 aromatic rings. The van der Waals surface area contributed by atoms with Crippen molar-refractivity contribution in [3.05, 3.63) is 64.7 Å². The normalized spacial score (nSPS) is 12.2. The molecule has 1 N–H and O–H groups in total. The third-order valence-corrected chi connectivity index (χ3v) is 3.53. The highest BCUT2D eigenvalue weighted by molar-refractivity contribution is 5.59. The lowest BCUT2D eigenvalue weighted by Gasteiger charge is -2.23. The van der Waals surface area contributed by atoms with E-state index >= 15 is 0 Å². The van der Waals surface area contributed by atoms with Crippen LogP contribution in [-0.2, 0) is 4.74 Å². The number of hydrogen-bond acceptors (Lipinski definition) is 2. The summed E-state index contributed by atoms with van der Waals surface area (Å²) in [7, 11) is 1.74. The molecule has 0 aliphatic carbocycles. The third-order valence-electron chi connectivity index (χ3n) is 3.53. The lowest BCUT2D eigenvalue weighted by molar-refractivity contribution is 0.186. The van der Waals surface area contributed by atoms with Crippen molar-refractivity contribution in [3.63, 3.8) is 0 Å². The van der Waals surface area contributed by atoms with Gasteiger partial charge >= 0.3 is 0 Å². The molecule has 0 aliphatic rings. The number of aryl methyl sites for hydroxylation is 3. The van der Waals surface area contributed by atoms with Crippen molar-refractivity contribution >= 4 is 5.69 Å². The molecule has 0 amide bonds. The van der Waals surface area contributed by atoms with Crippen molar-refractivity contribution in [1.82, 2.24) is 0 Å². The summed E-state index contributed by atoms with van der Waals surface area (Å²) in [5.41, 5.74) is 6.31. The van der Waals surface area contributed by atoms with E-state index in [2.05, 4.69) is 62.5 Å². The maximum Gasteiger partial charge on any atom is 0.0747 e. The molecule has 0 aromatic heterocycles. The van der Waals surface area contributed by atoms with Gasteiger partial charge in [0.05, 0.1) is 12.6 Å². The minimum Gasteiger partial charge on any atom is -0.382 e. The van der Waals surface area contributed by atoms with Crippen molar-refractivity contribution in [2.24, 2.45) is 0 Å². The Morgan fingerprint density at radius 2 is 1.60 bits per heavy atom. The Morgan fingerprint density at radius 1 is 1.00 bits per heavy atom. The highest BCUT2D eigenvalue weighted by Crippen LogP contribution is 2.27. The van der Waals surface area contributed by atoms with Gasteiger partial charge in [-0.3, -0.25) is 0 Å². The van der Waals surface area contributed by atoms with Crippen LogP contribution in [0.3, 0.4) is 0 Å². The van der Waals surface area contributed by atoms with Gasteiger partial charge in [-0.15, -0.1) is 0 Å². The summed E-state index contributed by atoms with van der Waals surface area (Å²) in [5.74, 6) is 0. The van der Waals surface area contributed by atoms with Crippen molar-refractivity contribution in [1.29, 1.82) is 0 Å². The molecule has 0 bridgehead atoms. The zero-order valence-electron chi connectivity index (χ0n) is 12.7. The van der Waals surface area contributed by atoms with Crippen LogP contribution in [0.2, 0.25) is 0 Å². The summed E-state index contributed by atoms with van der Waals surface area (Å²) in [4.78, 5) is 0. The lowest BCUT2D eigenvalue weighted by Crippen LogP contribution is -2.17. The summed E-state index contributed by atoms with van der Waals surface area (Å²) in [6.45, 7) is 7.08. The second kappa shape index (κ2) is 6.58. The topological polar surface area (TPSA) is 21.3 Å². The molecule has 1 atom stereocenters. The second-order valence-corrected chi connectivity index (χ2v) is 5.34. The smallest absolute Gasteiger partial charge is 0.0747 e. The van der Waals surface area contributed by atoms with Crippen molar-refractivity contribution < 1.29 is 4.74 Å². The molecule has 106 valence electrons. The van der Waals surface area contributed by atoms with Gasteiger partial charge in [-0.25, -0.2) is 0 Å². The Kier molecular flexibility index (Phi) is 4.80. The summed E-state index contributed by atoms with van der Waals surface area (Å²) in [6.07, 6.45) is 0. The average molecular weight is 269 g/mol. The van der Waals surface area contributed by atoms with E-state index in [9.17, 15) is 0 Å². The lowest BCUT2D eigenvalue weighted by atomic mass is 10.0. The number of ether oxygens (including phenoxy) is 1. The van der Waals surface area contributed by atoms with E-state index in [-0.39, 0.29) is 6.04 Å². The third kappa shape index (κ3) is 3.40. The molecule has 0 saturated heterocycles. The Bertz CT molecular complexity index is 540. The molecule has 0 saturated carbocycles. The Labute approximate surface area is 121 Å². The van der Waals surface area contributed by atoms with Crippen molar-refractivity contribution in [3.8, 4) is 0 Å². The van der Waals surface area contributed by atoms with Crippen LogP contribution in [0, 0.1) is 20.8 Å². The van der Waals surface area contributed by atoms with Crippen LogP contribution in [0.25, 0.3) is 0 Å². The van der Waals surface area contributed by atoms with Gasteiger partial charge in [-0.1, -0.05) is 48.0 Å². The minimum absolute atomic E-state index is 0.168. The summed E-state index contributed by atoms with van der Waals surface area (Å²) < 4.78 is 5.37. The predicted octanol–water partition coefficient (Wildman–Crippen LogP) is 4.41. The number of benzene rings is 2. The zero-order valence-corrected chi connectivity index (χ0v) is 12.7. The first kappa shape index (κ1) is 14.6. The fourth-order valence-electron chi connectivity index (χ4n) is 2.66. The van der Waals surface area contributed by atoms with Gasteiger partial charge in [-0.05, 0) is 37.5 Å². The molecular formula is C18H23NO. The van der Waals surface area contributed by atoms with E-state index in [0.29, 0.717) is 6.61 Å². The summed E-state index contributed by atoms with van der Waals surface area (Å²) >= 11 is 0. The first-order chi connectivity index (χ1) is 9.61. The number of rotatable bonds is 5.